The molecule has 0 aliphatic heterocycles. The van der Waals surface area contributed by atoms with Crippen LogP contribution in [0.3, 0.4) is 0 Å². The molecule has 0 aromatic carbocycles. The molecule has 0 spiro atoms. The first-order valence-electron chi connectivity index (χ1n) is 11.7. The summed E-state index contributed by atoms with van der Waals surface area (Å²) < 4.78 is 8.62. The van der Waals surface area contributed by atoms with Crippen LogP contribution in [0.2, 0.25) is 0 Å². The highest BCUT2D eigenvalue weighted by atomic mass is 35.6. The summed E-state index contributed by atoms with van der Waals surface area (Å²) in [7, 11) is 0. The van der Waals surface area contributed by atoms with Crippen LogP contribution >= 0.6 is 34.8 Å². The number of hydrogen-bond donors (Lipinski definition) is 0. The minimum atomic E-state index is -1.55. The Balaban J connectivity index is 3.29. The van der Waals surface area contributed by atoms with E-state index < -0.39 is 3.79 Å². The molecule has 0 atom stereocenters. The van der Waals surface area contributed by atoms with E-state index >= 15 is 0 Å². The second kappa shape index (κ2) is 20.7. The van der Waals surface area contributed by atoms with Gasteiger partial charge in [0.1, 0.15) is 6.61 Å². The van der Waals surface area contributed by atoms with E-state index in [9.17, 15) is 9.59 Å². The van der Waals surface area contributed by atoms with Crippen LogP contribution in [0.25, 0.3) is 0 Å². The molecule has 0 fully saturated rings. The molecule has 0 aromatic rings. The highest BCUT2D eigenvalue weighted by Gasteiger charge is 2.21. The van der Waals surface area contributed by atoms with Crippen LogP contribution in [-0.2, 0) is 19.1 Å². The molecule has 0 radical (unpaired) electrons. The first-order valence-corrected chi connectivity index (χ1v) is 12.9. The van der Waals surface area contributed by atoms with Crippen LogP contribution in [0, 0.1) is 0 Å². The van der Waals surface area contributed by atoms with Crippen molar-refractivity contribution in [1.82, 2.24) is 0 Å². The topological polar surface area (TPSA) is 52.6 Å². The summed E-state index contributed by atoms with van der Waals surface area (Å²) in [6.07, 6.45) is 17.9. The van der Waals surface area contributed by atoms with Crippen molar-refractivity contribution in [3.8, 4) is 0 Å². The summed E-state index contributed by atoms with van der Waals surface area (Å²) in [6.45, 7) is 2.58. The van der Waals surface area contributed by atoms with Gasteiger partial charge in [0.25, 0.3) is 0 Å². The van der Waals surface area contributed by atoms with Crippen LogP contribution in [0.4, 0.5) is 0 Å². The van der Waals surface area contributed by atoms with Gasteiger partial charge in [0.2, 0.25) is 3.79 Å². The zero-order valence-electron chi connectivity index (χ0n) is 18.7. The Kier molecular flexibility index (Phi) is 20.6. The van der Waals surface area contributed by atoms with Gasteiger partial charge in [-0.05, 0) is 19.3 Å². The fourth-order valence-corrected chi connectivity index (χ4v) is 3.31. The van der Waals surface area contributed by atoms with Gasteiger partial charge in [-0.25, -0.2) is 0 Å². The SMILES string of the molecule is CCCCCCCCCCCOC(=O)CCCCCCCCC(=O)OCC(Cl)(Cl)Cl. The molecule has 0 aliphatic carbocycles. The lowest BCUT2D eigenvalue weighted by Gasteiger charge is -2.11. The molecule has 0 saturated carbocycles. The van der Waals surface area contributed by atoms with Gasteiger partial charge >= 0.3 is 11.9 Å². The highest BCUT2D eigenvalue weighted by Crippen LogP contribution is 2.26. The Morgan fingerprint density at radius 2 is 1.00 bits per heavy atom. The molecule has 30 heavy (non-hydrogen) atoms. The van der Waals surface area contributed by atoms with E-state index in [1.165, 1.54) is 44.9 Å². The van der Waals surface area contributed by atoms with Crippen molar-refractivity contribution >= 4 is 46.7 Å². The minimum Gasteiger partial charge on any atom is -0.466 e. The molecule has 4 nitrogen and oxygen atoms in total. The fourth-order valence-electron chi connectivity index (χ4n) is 3.15. The minimum absolute atomic E-state index is 0.0775. The lowest BCUT2D eigenvalue weighted by Crippen LogP contribution is -2.17. The van der Waals surface area contributed by atoms with Crippen molar-refractivity contribution < 1.29 is 19.1 Å². The fraction of sp³-hybridized carbons (Fsp3) is 0.913. The molecule has 0 unspecified atom stereocenters. The number of carbonyl (C=O) groups is 2. The summed E-state index contributed by atoms with van der Waals surface area (Å²) in [5.74, 6) is -0.415. The van der Waals surface area contributed by atoms with Crippen LogP contribution in [0.15, 0.2) is 0 Å². The summed E-state index contributed by atoms with van der Waals surface area (Å²) in [4.78, 5) is 23.2. The molecular formula is C23H41Cl3O4. The number of unbranched alkanes of at least 4 members (excludes halogenated alkanes) is 13. The smallest absolute Gasteiger partial charge is 0.305 e. The van der Waals surface area contributed by atoms with Crippen molar-refractivity contribution in [2.45, 2.75) is 120 Å². The van der Waals surface area contributed by atoms with Crippen LogP contribution in [-0.4, -0.2) is 28.9 Å². The normalized spacial score (nSPS) is 11.5. The molecular weight excluding hydrogens is 447 g/mol. The molecule has 0 saturated heterocycles. The Morgan fingerprint density at radius 3 is 1.47 bits per heavy atom. The van der Waals surface area contributed by atoms with Gasteiger partial charge in [-0.2, -0.15) is 0 Å². The second-order valence-electron chi connectivity index (χ2n) is 7.95. The number of hydrogen-bond acceptors (Lipinski definition) is 4. The monoisotopic (exact) mass is 486 g/mol. The van der Waals surface area contributed by atoms with Crippen molar-refractivity contribution in [3.05, 3.63) is 0 Å². The maximum Gasteiger partial charge on any atom is 0.305 e. The predicted molar refractivity (Wildman–Crippen MR) is 126 cm³/mol. The zero-order chi connectivity index (χ0) is 22.5. The third-order valence-corrected chi connectivity index (χ3v) is 5.25. The van der Waals surface area contributed by atoms with Crippen LogP contribution in [0.5, 0.6) is 0 Å². The first kappa shape index (κ1) is 29.8. The lowest BCUT2D eigenvalue weighted by molar-refractivity contribution is -0.144. The predicted octanol–water partition coefficient (Wildman–Crippen LogP) is 8.09. The summed E-state index contributed by atoms with van der Waals surface area (Å²) >= 11 is 16.6. The van der Waals surface area contributed by atoms with E-state index in [1.807, 2.05) is 0 Å². The number of carbonyl (C=O) groups excluding carboxylic acids is 2. The Hall–Kier alpha value is -0.190. The second-order valence-corrected chi connectivity index (χ2v) is 10.5. The summed E-state index contributed by atoms with van der Waals surface area (Å²) in [5, 5.41) is 0. The molecule has 178 valence electrons. The van der Waals surface area contributed by atoms with E-state index in [0.29, 0.717) is 19.4 Å². The highest BCUT2D eigenvalue weighted by molar-refractivity contribution is 6.67. The Morgan fingerprint density at radius 1 is 0.600 bits per heavy atom. The summed E-state index contributed by atoms with van der Waals surface area (Å²) in [6, 6.07) is 0. The van der Waals surface area contributed by atoms with Gasteiger partial charge < -0.3 is 9.47 Å². The van der Waals surface area contributed by atoms with Gasteiger partial charge in [0.05, 0.1) is 6.61 Å². The standard InChI is InChI=1S/C23H41Cl3O4/c1-2-3-4-5-6-7-10-13-16-19-29-21(27)17-14-11-8-9-12-15-18-22(28)30-20-23(24,25)26/h2-20H2,1H3. The molecule has 0 heterocycles. The molecule has 0 aromatic heterocycles. The van der Waals surface area contributed by atoms with Gasteiger partial charge in [-0.15, -0.1) is 0 Å². The van der Waals surface area contributed by atoms with E-state index in [1.54, 1.807) is 0 Å². The maximum atomic E-state index is 11.7. The van der Waals surface area contributed by atoms with Crippen molar-refractivity contribution in [2.75, 3.05) is 13.2 Å². The van der Waals surface area contributed by atoms with E-state index in [4.69, 9.17) is 44.3 Å². The average Bonchev–Trinajstić information content (AvgIpc) is 2.69. The van der Waals surface area contributed by atoms with E-state index in [0.717, 1.165) is 51.4 Å². The van der Waals surface area contributed by atoms with Gasteiger partial charge in [-0.1, -0.05) is 119 Å². The third-order valence-electron chi connectivity index (χ3n) is 4.92. The number of ether oxygens (including phenoxy) is 2. The van der Waals surface area contributed by atoms with Crippen molar-refractivity contribution in [3.63, 3.8) is 0 Å². The Labute approximate surface area is 198 Å². The largest absolute Gasteiger partial charge is 0.466 e. The average molecular weight is 488 g/mol. The van der Waals surface area contributed by atoms with Crippen LogP contribution in [0.1, 0.15) is 116 Å². The number of esters is 2. The van der Waals surface area contributed by atoms with E-state index in [-0.39, 0.29) is 18.5 Å². The van der Waals surface area contributed by atoms with E-state index in [2.05, 4.69) is 6.92 Å². The van der Waals surface area contributed by atoms with Crippen molar-refractivity contribution in [2.24, 2.45) is 0 Å². The molecule has 0 amide bonds. The molecule has 7 heteroatoms. The molecule has 0 aliphatic rings. The molecule has 0 N–H and O–H groups in total. The van der Waals surface area contributed by atoms with Gasteiger partial charge in [0.15, 0.2) is 0 Å². The van der Waals surface area contributed by atoms with Gasteiger partial charge in [0, 0.05) is 12.8 Å². The maximum absolute atomic E-state index is 11.7. The Bertz CT molecular complexity index is 425. The first-order chi connectivity index (χ1) is 14.3. The number of rotatable bonds is 20. The quantitative estimate of drug-likeness (QED) is 0.0988. The molecule has 0 bridgehead atoms. The molecule has 0 rings (SSSR count). The number of alkyl halides is 3. The number of halogens is 3. The van der Waals surface area contributed by atoms with Crippen molar-refractivity contribution in [1.29, 1.82) is 0 Å². The zero-order valence-corrected chi connectivity index (χ0v) is 21.0. The third kappa shape index (κ3) is 24.1. The lowest BCUT2D eigenvalue weighted by atomic mass is 10.1. The van der Waals surface area contributed by atoms with Gasteiger partial charge in [-0.3, -0.25) is 9.59 Å². The summed E-state index contributed by atoms with van der Waals surface area (Å²) in [5.41, 5.74) is 0. The van der Waals surface area contributed by atoms with Crippen LogP contribution < -0.4 is 0 Å².